The van der Waals surface area contributed by atoms with Crippen LogP contribution in [0.25, 0.3) is 6.08 Å². The second-order valence-corrected chi connectivity index (χ2v) is 7.83. The predicted octanol–water partition coefficient (Wildman–Crippen LogP) is 4.50. The van der Waals surface area contributed by atoms with Crippen LogP contribution in [-0.4, -0.2) is 18.6 Å². The van der Waals surface area contributed by atoms with Crippen molar-refractivity contribution < 1.29 is 19.1 Å². The molecule has 0 atom stereocenters. The Labute approximate surface area is 178 Å². The molecule has 1 aliphatic rings. The quantitative estimate of drug-likeness (QED) is 0.596. The van der Waals surface area contributed by atoms with Crippen LogP contribution in [0.1, 0.15) is 26.4 Å². The van der Waals surface area contributed by atoms with Crippen LogP contribution < -0.4 is 20.1 Å². The Balaban J connectivity index is 1.57. The number of hydrogen-bond acceptors (Lipinski definition) is 5. The maximum atomic E-state index is 13.0. The average molecular weight is 420 g/mol. The second-order valence-electron chi connectivity index (χ2n) is 6.85. The minimum absolute atomic E-state index is 0.151. The predicted molar refractivity (Wildman–Crippen MR) is 117 cm³/mol. The zero-order valence-electron chi connectivity index (χ0n) is 16.5. The molecule has 0 fully saturated rings. The number of benzene rings is 2. The van der Waals surface area contributed by atoms with Crippen LogP contribution in [0.2, 0.25) is 0 Å². The summed E-state index contributed by atoms with van der Waals surface area (Å²) in [6.07, 6.45) is 1.66. The standard InChI is InChI=1S/C23H20N2O4S/c1-14-5-6-16(10-15(14)2)22(26)25-19(12-18-4-3-9-30-18)23(27)24-17-7-8-20-21(11-17)29-13-28-20/h3-12H,13H2,1-2H3,(H,24,27)(H,25,26)/b19-12-. The van der Waals surface area contributed by atoms with Gasteiger partial charge in [-0.3, -0.25) is 9.59 Å². The summed E-state index contributed by atoms with van der Waals surface area (Å²) in [6, 6.07) is 14.3. The van der Waals surface area contributed by atoms with Gasteiger partial charge in [0.15, 0.2) is 11.5 Å². The Morgan fingerprint density at radius 1 is 1.00 bits per heavy atom. The van der Waals surface area contributed by atoms with Crippen molar-refractivity contribution in [2.75, 3.05) is 12.1 Å². The van der Waals surface area contributed by atoms with Gasteiger partial charge in [0.1, 0.15) is 5.70 Å². The van der Waals surface area contributed by atoms with Crippen molar-refractivity contribution in [3.05, 3.63) is 81.2 Å². The summed E-state index contributed by atoms with van der Waals surface area (Å²) < 4.78 is 10.6. The van der Waals surface area contributed by atoms with Gasteiger partial charge in [-0.2, -0.15) is 0 Å². The summed E-state index contributed by atoms with van der Waals surface area (Å²) in [5.74, 6) is 0.419. The summed E-state index contributed by atoms with van der Waals surface area (Å²) in [6.45, 7) is 4.08. The minimum atomic E-state index is -0.431. The van der Waals surface area contributed by atoms with Gasteiger partial charge in [0, 0.05) is 22.2 Å². The van der Waals surface area contributed by atoms with Gasteiger partial charge >= 0.3 is 0 Å². The van der Waals surface area contributed by atoms with E-state index in [4.69, 9.17) is 9.47 Å². The van der Waals surface area contributed by atoms with Crippen molar-refractivity contribution in [3.63, 3.8) is 0 Å². The third kappa shape index (κ3) is 4.36. The Kier molecular flexibility index (Phi) is 5.54. The van der Waals surface area contributed by atoms with Crippen molar-refractivity contribution in [3.8, 4) is 11.5 Å². The lowest BCUT2D eigenvalue weighted by molar-refractivity contribution is -0.113. The maximum Gasteiger partial charge on any atom is 0.272 e. The third-order valence-electron chi connectivity index (χ3n) is 4.72. The fourth-order valence-corrected chi connectivity index (χ4v) is 3.58. The first kappa shape index (κ1) is 19.7. The van der Waals surface area contributed by atoms with Crippen molar-refractivity contribution in [2.24, 2.45) is 0 Å². The maximum absolute atomic E-state index is 13.0. The number of nitrogens with one attached hydrogen (secondary N) is 2. The van der Waals surface area contributed by atoms with Crippen LogP contribution in [0.4, 0.5) is 5.69 Å². The number of carbonyl (C=O) groups excluding carboxylic acids is 2. The number of carbonyl (C=O) groups is 2. The first-order valence-corrected chi connectivity index (χ1v) is 10.2. The zero-order chi connectivity index (χ0) is 21.1. The molecule has 2 heterocycles. The van der Waals surface area contributed by atoms with Crippen LogP contribution in [0, 0.1) is 13.8 Å². The van der Waals surface area contributed by atoms with Crippen LogP contribution >= 0.6 is 11.3 Å². The average Bonchev–Trinajstić information content (AvgIpc) is 3.40. The van der Waals surface area contributed by atoms with Gasteiger partial charge in [-0.05, 0) is 66.8 Å². The summed E-state index contributed by atoms with van der Waals surface area (Å²) in [4.78, 5) is 26.6. The van der Waals surface area contributed by atoms with Gasteiger partial charge < -0.3 is 20.1 Å². The number of anilines is 1. The molecule has 30 heavy (non-hydrogen) atoms. The molecule has 0 unspecified atom stereocenters. The van der Waals surface area contributed by atoms with E-state index in [1.807, 2.05) is 43.5 Å². The van der Waals surface area contributed by atoms with Gasteiger partial charge in [-0.25, -0.2) is 0 Å². The van der Waals surface area contributed by atoms with E-state index in [-0.39, 0.29) is 18.4 Å². The number of hydrogen-bond donors (Lipinski definition) is 2. The molecule has 2 N–H and O–H groups in total. The Bertz CT molecular complexity index is 1140. The monoisotopic (exact) mass is 420 g/mol. The van der Waals surface area contributed by atoms with E-state index < -0.39 is 5.91 Å². The van der Waals surface area contributed by atoms with Crippen molar-refractivity contribution >= 4 is 34.9 Å². The van der Waals surface area contributed by atoms with E-state index in [1.165, 1.54) is 11.3 Å². The summed E-state index contributed by atoms with van der Waals surface area (Å²) in [5, 5.41) is 7.47. The molecule has 152 valence electrons. The molecule has 0 spiro atoms. The smallest absolute Gasteiger partial charge is 0.272 e. The number of fused-ring (bicyclic) bond motifs is 1. The van der Waals surface area contributed by atoms with Crippen molar-refractivity contribution in [1.82, 2.24) is 5.32 Å². The number of aryl methyl sites for hydroxylation is 2. The second kappa shape index (κ2) is 8.42. The van der Waals surface area contributed by atoms with Gasteiger partial charge in [0.25, 0.3) is 11.8 Å². The summed E-state index contributed by atoms with van der Waals surface area (Å²) in [7, 11) is 0. The number of amides is 2. The Hall–Kier alpha value is -3.58. The normalized spacial score (nSPS) is 12.5. The zero-order valence-corrected chi connectivity index (χ0v) is 17.3. The lowest BCUT2D eigenvalue weighted by atomic mass is 10.1. The highest BCUT2D eigenvalue weighted by Gasteiger charge is 2.18. The van der Waals surface area contributed by atoms with E-state index in [2.05, 4.69) is 10.6 Å². The Morgan fingerprint density at radius 2 is 1.83 bits per heavy atom. The number of thiophene rings is 1. The first-order valence-electron chi connectivity index (χ1n) is 9.34. The SMILES string of the molecule is Cc1ccc(C(=O)N/C(=C\c2cccs2)C(=O)Nc2ccc3c(c2)OCO3)cc1C. The largest absolute Gasteiger partial charge is 0.454 e. The molecule has 0 aliphatic carbocycles. The minimum Gasteiger partial charge on any atom is -0.454 e. The molecule has 1 aliphatic heterocycles. The lowest BCUT2D eigenvalue weighted by Gasteiger charge is -2.12. The van der Waals surface area contributed by atoms with Crippen LogP contribution in [0.3, 0.4) is 0 Å². The third-order valence-corrected chi connectivity index (χ3v) is 5.54. The molecule has 0 saturated carbocycles. The van der Waals surface area contributed by atoms with Gasteiger partial charge in [-0.1, -0.05) is 12.1 Å². The molecule has 6 nitrogen and oxygen atoms in total. The van der Waals surface area contributed by atoms with Crippen LogP contribution in [0.5, 0.6) is 11.5 Å². The molecule has 1 aromatic heterocycles. The Morgan fingerprint density at radius 3 is 2.60 bits per heavy atom. The van der Waals surface area contributed by atoms with Gasteiger partial charge in [0.05, 0.1) is 0 Å². The van der Waals surface area contributed by atoms with E-state index in [1.54, 1.807) is 30.3 Å². The van der Waals surface area contributed by atoms with E-state index in [9.17, 15) is 9.59 Å². The van der Waals surface area contributed by atoms with Crippen LogP contribution in [0.15, 0.2) is 59.6 Å². The molecular weight excluding hydrogens is 400 g/mol. The fourth-order valence-electron chi connectivity index (χ4n) is 2.92. The first-order chi connectivity index (χ1) is 14.5. The van der Waals surface area contributed by atoms with E-state index in [0.29, 0.717) is 22.7 Å². The van der Waals surface area contributed by atoms with Gasteiger partial charge in [-0.15, -0.1) is 11.3 Å². The molecule has 4 rings (SSSR count). The molecule has 0 saturated heterocycles. The molecule has 0 radical (unpaired) electrons. The van der Waals surface area contributed by atoms with Crippen molar-refractivity contribution in [2.45, 2.75) is 13.8 Å². The summed E-state index contributed by atoms with van der Waals surface area (Å²) >= 11 is 1.47. The van der Waals surface area contributed by atoms with Crippen LogP contribution in [-0.2, 0) is 4.79 Å². The molecule has 7 heteroatoms. The fraction of sp³-hybridized carbons (Fsp3) is 0.130. The topological polar surface area (TPSA) is 76.7 Å². The molecule has 2 amide bonds. The lowest BCUT2D eigenvalue weighted by Crippen LogP contribution is -2.30. The molecular formula is C23H20N2O4S. The van der Waals surface area contributed by atoms with E-state index >= 15 is 0 Å². The van der Waals surface area contributed by atoms with E-state index in [0.717, 1.165) is 16.0 Å². The van der Waals surface area contributed by atoms with Crippen molar-refractivity contribution in [1.29, 1.82) is 0 Å². The number of ether oxygens (including phenoxy) is 2. The molecule has 0 bridgehead atoms. The highest BCUT2D eigenvalue weighted by Crippen LogP contribution is 2.34. The highest BCUT2D eigenvalue weighted by atomic mass is 32.1. The summed E-state index contributed by atoms with van der Waals surface area (Å²) in [5.41, 5.74) is 3.30. The molecule has 3 aromatic rings. The molecule has 2 aromatic carbocycles. The number of rotatable bonds is 5. The highest BCUT2D eigenvalue weighted by molar-refractivity contribution is 7.10. The van der Waals surface area contributed by atoms with Gasteiger partial charge in [0.2, 0.25) is 6.79 Å².